The van der Waals surface area contributed by atoms with E-state index in [-0.39, 0.29) is 17.8 Å². The highest BCUT2D eigenvalue weighted by Gasteiger charge is 2.41. The average Bonchev–Trinajstić information content (AvgIpc) is 3.05. The van der Waals surface area contributed by atoms with Crippen molar-refractivity contribution in [2.45, 2.75) is 18.9 Å². The van der Waals surface area contributed by atoms with Crippen LogP contribution in [0.2, 0.25) is 0 Å². The molecule has 1 aromatic carbocycles. The largest absolute Gasteiger partial charge is 0.355 e. The molecule has 2 saturated heterocycles. The Labute approximate surface area is 145 Å². The number of nitrogens with zero attached hydrogens (tertiary/aromatic N) is 3. The van der Waals surface area contributed by atoms with Gasteiger partial charge in [0, 0.05) is 25.2 Å². The number of carbonyl (C=O) groups excluding carboxylic acids is 1. The van der Waals surface area contributed by atoms with Crippen LogP contribution in [0.4, 0.5) is 14.6 Å². The fraction of sp³-hybridized carbons (Fsp3) is 0.368. The predicted molar refractivity (Wildman–Crippen MR) is 90.4 cm³/mol. The maximum atomic E-state index is 13.4. The van der Waals surface area contributed by atoms with E-state index in [4.69, 9.17) is 0 Å². The number of halogens is 2. The van der Waals surface area contributed by atoms with E-state index < -0.39 is 5.82 Å². The molecule has 0 spiro atoms. The zero-order valence-corrected chi connectivity index (χ0v) is 13.7. The quantitative estimate of drug-likeness (QED) is 0.841. The van der Waals surface area contributed by atoms with Gasteiger partial charge in [-0.15, -0.1) is 0 Å². The van der Waals surface area contributed by atoms with E-state index in [1.807, 2.05) is 4.90 Å². The third-order valence-electron chi connectivity index (χ3n) is 5.23. The van der Waals surface area contributed by atoms with Gasteiger partial charge in [-0.3, -0.25) is 4.79 Å². The molecule has 0 saturated carbocycles. The van der Waals surface area contributed by atoms with Gasteiger partial charge >= 0.3 is 0 Å². The summed E-state index contributed by atoms with van der Waals surface area (Å²) < 4.78 is 26.5. The second kappa shape index (κ2) is 6.43. The maximum Gasteiger partial charge on any atom is 0.254 e. The summed E-state index contributed by atoms with van der Waals surface area (Å²) in [5, 5.41) is 0. The third kappa shape index (κ3) is 3.08. The molecule has 2 aliphatic rings. The number of hydrogen-bond donors (Lipinski definition) is 0. The number of piperidine rings is 1. The molecule has 0 bridgehead atoms. The minimum atomic E-state index is -0.401. The monoisotopic (exact) mass is 343 g/mol. The Balaban J connectivity index is 1.54. The molecule has 4 rings (SSSR count). The van der Waals surface area contributed by atoms with Crippen LogP contribution in [0.15, 0.2) is 42.6 Å². The van der Waals surface area contributed by atoms with Crippen LogP contribution in [0.25, 0.3) is 0 Å². The standard InChI is InChI=1S/C19H19F2N3O/c20-15-3-1-2-14(10-15)19(25)24-9-7-13-6-8-23(12-17(13)24)18-5-4-16(21)11-22-18/h1-5,10-11,13,17H,6-9,12H2. The van der Waals surface area contributed by atoms with Gasteiger partial charge in [-0.1, -0.05) is 6.07 Å². The van der Waals surface area contributed by atoms with Gasteiger partial charge < -0.3 is 9.80 Å². The average molecular weight is 343 g/mol. The third-order valence-corrected chi connectivity index (χ3v) is 5.23. The number of likely N-dealkylation sites (tertiary alicyclic amines) is 1. The van der Waals surface area contributed by atoms with Crippen molar-refractivity contribution < 1.29 is 13.6 Å². The van der Waals surface area contributed by atoms with Crippen LogP contribution in [0.3, 0.4) is 0 Å². The van der Waals surface area contributed by atoms with E-state index in [0.29, 0.717) is 24.6 Å². The maximum absolute atomic E-state index is 13.4. The van der Waals surface area contributed by atoms with Crippen molar-refractivity contribution in [2.24, 2.45) is 5.92 Å². The van der Waals surface area contributed by atoms with Crippen LogP contribution >= 0.6 is 0 Å². The van der Waals surface area contributed by atoms with Gasteiger partial charge in [-0.05, 0) is 49.1 Å². The first kappa shape index (κ1) is 16.0. The summed E-state index contributed by atoms with van der Waals surface area (Å²) in [5.41, 5.74) is 0.387. The molecule has 25 heavy (non-hydrogen) atoms. The Morgan fingerprint density at radius 1 is 1.08 bits per heavy atom. The van der Waals surface area contributed by atoms with Crippen LogP contribution in [0, 0.1) is 17.6 Å². The number of rotatable bonds is 2. The second-order valence-electron chi connectivity index (χ2n) is 6.69. The lowest BCUT2D eigenvalue weighted by Crippen LogP contribution is -2.50. The highest BCUT2D eigenvalue weighted by atomic mass is 19.1. The molecule has 2 atom stereocenters. The van der Waals surface area contributed by atoms with Crippen molar-refractivity contribution in [3.63, 3.8) is 0 Å². The van der Waals surface area contributed by atoms with Crippen LogP contribution in [-0.4, -0.2) is 41.5 Å². The van der Waals surface area contributed by atoms with E-state index in [9.17, 15) is 13.6 Å². The Hall–Kier alpha value is -2.50. The van der Waals surface area contributed by atoms with Gasteiger partial charge in [-0.2, -0.15) is 0 Å². The molecule has 0 aliphatic carbocycles. The molecule has 3 heterocycles. The summed E-state index contributed by atoms with van der Waals surface area (Å²) in [4.78, 5) is 20.9. The summed E-state index contributed by atoms with van der Waals surface area (Å²) in [6.07, 6.45) is 3.15. The summed E-state index contributed by atoms with van der Waals surface area (Å²) >= 11 is 0. The van der Waals surface area contributed by atoms with Crippen molar-refractivity contribution in [3.8, 4) is 0 Å². The molecule has 2 aliphatic heterocycles. The molecule has 2 aromatic rings. The summed E-state index contributed by atoms with van der Waals surface area (Å²) in [6.45, 7) is 2.21. The SMILES string of the molecule is O=C(c1cccc(F)c1)N1CCC2CCN(c3ccc(F)cn3)CC21. The molecule has 130 valence electrons. The predicted octanol–water partition coefficient (Wildman–Crippen LogP) is 3.10. The topological polar surface area (TPSA) is 36.4 Å². The van der Waals surface area contributed by atoms with Crippen LogP contribution in [0.1, 0.15) is 23.2 Å². The first-order chi connectivity index (χ1) is 12.1. The van der Waals surface area contributed by atoms with Gasteiger partial charge in [0.25, 0.3) is 5.91 Å². The number of amides is 1. The number of carbonyl (C=O) groups is 1. The van der Waals surface area contributed by atoms with E-state index in [0.717, 1.165) is 25.2 Å². The number of fused-ring (bicyclic) bond motifs is 1. The smallest absolute Gasteiger partial charge is 0.254 e. The van der Waals surface area contributed by atoms with Crippen molar-refractivity contribution in [3.05, 3.63) is 59.8 Å². The molecule has 1 aromatic heterocycles. The summed E-state index contributed by atoms with van der Waals surface area (Å²) in [7, 11) is 0. The van der Waals surface area contributed by atoms with E-state index in [1.165, 1.54) is 24.4 Å². The van der Waals surface area contributed by atoms with E-state index in [2.05, 4.69) is 9.88 Å². The second-order valence-corrected chi connectivity index (χ2v) is 6.69. The van der Waals surface area contributed by atoms with E-state index in [1.54, 1.807) is 18.2 Å². The number of anilines is 1. The zero-order valence-electron chi connectivity index (χ0n) is 13.7. The van der Waals surface area contributed by atoms with Gasteiger partial charge in [0.05, 0.1) is 12.2 Å². The van der Waals surface area contributed by atoms with Crippen molar-refractivity contribution in [1.82, 2.24) is 9.88 Å². The molecule has 4 nitrogen and oxygen atoms in total. The fourth-order valence-electron chi connectivity index (χ4n) is 3.94. The van der Waals surface area contributed by atoms with Crippen molar-refractivity contribution in [2.75, 3.05) is 24.5 Å². The molecule has 1 amide bonds. The van der Waals surface area contributed by atoms with Crippen LogP contribution < -0.4 is 4.90 Å². The van der Waals surface area contributed by atoms with Crippen LogP contribution in [-0.2, 0) is 0 Å². The minimum Gasteiger partial charge on any atom is -0.355 e. The molecule has 0 radical (unpaired) electrons. The fourth-order valence-corrected chi connectivity index (χ4v) is 3.94. The Morgan fingerprint density at radius 2 is 1.92 bits per heavy atom. The van der Waals surface area contributed by atoms with Gasteiger partial charge in [0.2, 0.25) is 0 Å². The van der Waals surface area contributed by atoms with Gasteiger partial charge in [0.1, 0.15) is 17.5 Å². The lowest BCUT2D eigenvalue weighted by atomic mass is 9.92. The van der Waals surface area contributed by atoms with Crippen molar-refractivity contribution in [1.29, 1.82) is 0 Å². The lowest BCUT2D eigenvalue weighted by molar-refractivity contribution is 0.0711. The van der Waals surface area contributed by atoms with Crippen LogP contribution in [0.5, 0.6) is 0 Å². The highest BCUT2D eigenvalue weighted by Crippen LogP contribution is 2.34. The first-order valence-electron chi connectivity index (χ1n) is 8.55. The zero-order chi connectivity index (χ0) is 17.4. The lowest BCUT2D eigenvalue weighted by Gasteiger charge is -2.39. The number of pyridine rings is 1. The Morgan fingerprint density at radius 3 is 2.68 bits per heavy atom. The molecule has 0 N–H and O–H groups in total. The summed E-state index contributed by atoms with van der Waals surface area (Å²) in [6, 6.07) is 9.00. The molecule has 2 fully saturated rings. The van der Waals surface area contributed by atoms with Gasteiger partial charge in [-0.25, -0.2) is 13.8 Å². The molecule has 2 unspecified atom stereocenters. The highest BCUT2D eigenvalue weighted by molar-refractivity contribution is 5.94. The number of aromatic nitrogens is 1. The van der Waals surface area contributed by atoms with Crippen molar-refractivity contribution >= 4 is 11.7 Å². The summed E-state index contributed by atoms with van der Waals surface area (Å²) in [5.74, 6) is 0.296. The normalized spacial score (nSPS) is 22.8. The van der Waals surface area contributed by atoms with E-state index >= 15 is 0 Å². The van der Waals surface area contributed by atoms with Gasteiger partial charge in [0.15, 0.2) is 0 Å². The Kier molecular flexibility index (Phi) is 4.11. The first-order valence-corrected chi connectivity index (χ1v) is 8.55. The molecular weight excluding hydrogens is 324 g/mol. The number of benzene rings is 1. The Bertz CT molecular complexity index is 780. The number of hydrogen-bond acceptors (Lipinski definition) is 3. The minimum absolute atomic E-state index is 0.0800. The molecular formula is C19H19F2N3O. The molecule has 6 heteroatoms.